The summed E-state index contributed by atoms with van der Waals surface area (Å²) < 4.78 is 13.6. The van der Waals surface area contributed by atoms with Crippen LogP contribution >= 0.6 is 0 Å². The van der Waals surface area contributed by atoms with E-state index in [4.69, 9.17) is 0 Å². The number of carboxylic acid groups (broad SMARTS) is 1. The minimum Gasteiger partial charge on any atom is -0.481 e. The summed E-state index contributed by atoms with van der Waals surface area (Å²) in [6, 6.07) is 7.17. The molecule has 26 heavy (non-hydrogen) atoms. The zero-order valence-corrected chi connectivity index (χ0v) is 14.2. The minimum absolute atomic E-state index is 0.127. The topological polar surface area (TPSA) is 108 Å². The van der Waals surface area contributed by atoms with Crippen molar-refractivity contribution in [2.75, 3.05) is 0 Å². The molecule has 0 fully saturated rings. The number of nitrogens with zero attached hydrogens (tertiary/aromatic N) is 2. The van der Waals surface area contributed by atoms with Crippen LogP contribution in [0.2, 0.25) is 0 Å². The Morgan fingerprint density at radius 2 is 2.08 bits per heavy atom. The van der Waals surface area contributed by atoms with Crippen LogP contribution in [0.3, 0.4) is 0 Å². The van der Waals surface area contributed by atoms with E-state index in [0.717, 1.165) is 0 Å². The van der Waals surface area contributed by atoms with Gasteiger partial charge in [-0.3, -0.25) is 9.59 Å². The number of aliphatic carboxylic acids is 1. The summed E-state index contributed by atoms with van der Waals surface area (Å²) >= 11 is 0. The molecular weight excluding hydrogens is 339 g/mol. The maximum atomic E-state index is 13.6. The number of aromatic amines is 1. The number of H-pyrrole nitrogens is 1. The first kappa shape index (κ1) is 17.5. The van der Waals surface area contributed by atoms with Gasteiger partial charge >= 0.3 is 5.97 Å². The maximum Gasteiger partial charge on any atom is 0.306 e. The smallest absolute Gasteiger partial charge is 0.306 e. The van der Waals surface area contributed by atoms with Crippen molar-refractivity contribution in [2.24, 2.45) is 0 Å². The van der Waals surface area contributed by atoms with Gasteiger partial charge in [-0.05, 0) is 37.6 Å². The molecule has 2 aromatic heterocycles. The standard InChI is InChI=1S/C18H17FN4O3/c1-10-21-15(13-6-7-20-16(13)22-10)17(26)23-18(2,9-14(24)25)11-4-3-5-12(19)8-11/h3-8H,9H2,1-2H3,(H,23,26)(H,24,25)(H,20,21,22). The lowest BCUT2D eigenvalue weighted by Gasteiger charge is -2.30. The van der Waals surface area contributed by atoms with Crippen LogP contribution < -0.4 is 5.32 Å². The molecule has 1 amide bonds. The highest BCUT2D eigenvalue weighted by Crippen LogP contribution is 2.26. The largest absolute Gasteiger partial charge is 0.481 e. The quantitative estimate of drug-likeness (QED) is 0.651. The third kappa shape index (κ3) is 3.39. The summed E-state index contributed by atoms with van der Waals surface area (Å²) in [4.78, 5) is 35.5. The van der Waals surface area contributed by atoms with Crippen molar-refractivity contribution < 1.29 is 19.1 Å². The van der Waals surface area contributed by atoms with Gasteiger partial charge in [0.15, 0.2) is 0 Å². The van der Waals surface area contributed by atoms with Crippen LogP contribution in [0.1, 0.15) is 35.2 Å². The maximum absolute atomic E-state index is 13.6. The zero-order valence-electron chi connectivity index (χ0n) is 14.2. The number of aromatic nitrogens is 3. The highest BCUT2D eigenvalue weighted by atomic mass is 19.1. The van der Waals surface area contributed by atoms with Crippen LogP contribution in [-0.2, 0) is 10.3 Å². The number of carbonyl (C=O) groups is 2. The second-order valence-corrected chi connectivity index (χ2v) is 6.23. The van der Waals surface area contributed by atoms with Gasteiger partial charge in [0.1, 0.15) is 23.0 Å². The van der Waals surface area contributed by atoms with Crippen molar-refractivity contribution in [1.82, 2.24) is 20.3 Å². The summed E-state index contributed by atoms with van der Waals surface area (Å²) in [5.74, 6) is -1.80. The van der Waals surface area contributed by atoms with Crippen LogP contribution in [0.4, 0.5) is 4.39 Å². The highest BCUT2D eigenvalue weighted by molar-refractivity contribution is 6.04. The number of carboxylic acids is 1. The molecule has 7 nitrogen and oxygen atoms in total. The third-order valence-electron chi connectivity index (χ3n) is 4.10. The molecule has 0 saturated carbocycles. The number of aryl methyl sites for hydroxylation is 1. The number of benzene rings is 1. The zero-order chi connectivity index (χ0) is 18.9. The fourth-order valence-corrected chi connectivity index (χ4v) is 2.89. The lowest BCUT2D eigenvalue weighted by molar-refractivity contribution is -0.138. The number of rotatable bonds is 5. The number of amides is 1. The van der Waals surface area contributed by atoms with Gasteiger partial charge in [-0.2, -0.15) is 0 Å². The number of nitrogens with one attached hydrogen (secondary N) is 2. The second kappa shape index (κ2) is 6.55. The minimum atomic E-state index is -1.31. The van der Waals surface area contributed by atoms with E-state index in [1.807, 2.05) is 0 Å². The van der Waals surface area contributed by atoms with Crippen molar-refractivity contribution in [2.45, 2.75) is 25.8 Å². The predicted octanol–water partition coefficient (Wildman–Crippen LogP) is 2.53. The third-order valence-corrected chi connectivity index (χ3v) is 4.10. The Morgan fingerprint density at radius 1 is 1.31 bits per heavy atom. The van der Waals surface area contributed by atoms with Gasteiger partial charge in [0.25, 0.3) is 5.91 Å². The average Bonchev–Trinajstić information content (AvgIpc) is 3.01. The van der Waals surface area contributed by atoms with Crippen LogP contribution in [0.5, 0.6) is 0 Å². The SMILES string of the molecule is Cc1nc(C(=O)NC(C)(CC(=O)O)c2cccc(F)c2)c2cc[nH]c2n1. The summed E-state index contributed by atoms with van der Waals surface area (Å²) in [7, 11) is 0. The molecule has 134 valence electrons. The van der Waals surface area contributed by atoms with E-state index in [9.17, 15) is 19.1 Å². The highest BCUT2D eigenvalue weighted by Gasteiger charge is 2.33. The molecule has 0 saturated heterocycles. The lowest BCUT2D eigenvalue weighted by atomic mass is 9.88. The summed E-state index contributed by atoms with van der Waals surface area (Å²) in [6.45, 7) is 3.19. The van der Waals surface area contributed by atoms with Gasteiger partial charge in [-0.25, -0.2) is 14.4 Å². The first-order chi connectivity index (χ1) is 12.3. The van der Waals surface area contributed by atoms with Crippen molar-refractivity contribution in [3.05, 3.63) is 59.4 Å². The van der Waals surface area contributed by atoms with Crippen molar-refractivity contribution >= 4 is 22.9 Å². The monoisotopic (exact) mass is 356 g/mol. The van der Waals surface area contributed by atoms with Crippen molar-refractivity contribution in [3.8, 4) is 0 Å². The molecule has 0 aliphatic carbocycles. The molecule has 3 aromatic rings. The van der Waals surface area contributed by atoms with E-state index >= 15 is 0 Å². The molecule has 3 rings (SSSR count). The van der Waals surface area contributed by atoms with E-state index in [1.54, 1.807) is 25.3 Å². The molecule has 8 heteroatoms. The molecule has 2 heterocycles. The van der Waals surface area contributed by atoms with Gasteiger partial charge in [0, 0.05) is 6.20 Å². The predicted molar refractivity (Wildman–Crippen MR) is 92.1 cm³/mol. The van der Waals surface area contributed by atoms with Crippen molar-refractivity contribution in [1.29, 1.82) is 0 Å². The van der Waals surface area contributed by atoms with Gasteiger partial charge in [-0.15, -0.1) is 0 Å². The Kier molecular flexibility index (Phi) is 4.41. The normalized spacial score (nSPS) is 13.3. The molecule has 3 N–H and O–H groups in total. The van der Waals surface area contributed by atoms with E-state index in [2.05, 4.69) is 20.3 Å². The molecule has 0 bridgehead atoms. The first-order valence-electron chi connectivity index (χ1n) is 7.90. The Hall–Kier alpha value is -3.29. The first-order valence-corrected chi connectivity index (χ1v) is 7.90. The summed E-state index contributed by atoms with van der Waals surface area (Å²) in [5, 5.41) is 12.5. The van der Waals surface area contributed by atoms with E-state index in [0.29, 0.717) is 22.4 Å². The number of hydrogen-bond donors (Lipinski definition) is 3. The van der Waals surface area contributed by atoms with Crippen LogP contribution in [0.25, 0.3) is 11.0 Å². The van der Waals surface area contributed by atoms with Crippen LogP contribution in [0, 0.1) is 12.7 Å². The molecule has 1 atom stereocenters. The molecular formula is C18H17FN4O3. The van der Waals surface area contributed by atoms with Gasteiger partial charge in [0.05, 0.1) is 17.3 Å². The Bertz CT molecular complexity index is 1000. The fraction of sp³-hybridized carbons (Fsp3) is 0.222. The summed E-state index contributed by atoms with van der Waals surface area (Å²) in [6.07, 6.45) is 1.22. The average molecular weight is 356 g/mol. The fourth-order valence-electron chi connectivity index (χ4n) is 2.89. The Morgan fingerprint density at radius 3 is 2.77 bits per heavy atom. The number of carbonyl (C=O) groups excluding carboxylic acids is 1. The number of halogens is 1. The Labute approximate surface area is 148 Å². The van der Waals surface area contributed by atoms with Crippen molar-refractivity contribution in [3.63, 3.8) is 0 Å². The summed E-state index contributed by atoms with van der Waals surface area (Å²) in [5.41, 5.74) is -0.327. The molecule has 0 radical (unpaired) electrons. The van der Waals surface area contributed by atoms with E-state index in [-0.39, 0.29) is 5.69 Å². The van der Waals surface area contributed by atoms with Crippen LogP contribution in [0.15, 0.2) is 36.5 Å². The Balaban J connectivity index is 2.02. The molecule has 0 aliphatic rings. The number of hydrogen-bond acceptors (Lipinski definition) is 4. The number of fused-ring (bicyclic) bond motifs is 1. The van der Waals surface area contributed by atoms with E-state index in [1.165, 1.54) is 25.1 Å². The lowest BCUT2D eigenvalue weighted by Crippen LogP contribution is -2.45. The van der Waals surface area contributed by atoms with Gasteiger partial charge < -0.3 is 15.4 Å². The van der Waals surface area contributed by atoms with Gasteiger partial charge in [-0.1, -0.05) is 12.1 Å². The van der Waals surface area contributed by atoms with Gasteiger partial charge in [0.2, 0.25) is 0 Å². The van der Waals surface area contributed by atoms with Crippen LogP contribution in [-0.4, -0.2) is 31.9 Å². The van der Waals surface area contributed by atoms with E-state index < -0.39 is 29.7 Å². The molecule has 1 aromatic carbocycles. The second-order valence-electron chi connectivity index (χ2n) is 6.23. The molecule has 1 unspecified atom stereocenters. The molecule has 0 spiro atoms. The molecule has 0 aliphatic heterocycles.